The number of hydrogen-bond donors (Lipinski definition) is 3. The summed E-state index contributed by atoms with van der Waals surface area (Å²) in [4.78, 5) is 34.4. The first-order valence-electron chi connectivity index (χ1n) is 8.81. The fraction of sp³-hybridized carbons (Fsp3) is 0.105. The topological polar surface area (TPSA) is 152 Å². The van der Waals surface area contributed by atoms with E-state index in [1.54, 1.807) is 19.1 Å². The van der Waals surface area contributed by atoms with Crippen LogP contribution < -0.4 is 20.3 Å². The molecule has 12 heteroatoms. The minimum atomic E-state index is -4.10. The van der Waals surface area contributed by atoms with Gasteiger partial charge in [-0.05, 0) is 31.2 Å². The Balaban J connectivity index is 1.94. The summed E-state index contributed by atoms with van der Waals surface area (Å²) in [5, 5.41) is 0. The number of carbonyl (C=O) groups excluding carboxylic acids is 2. The van der Waals surface area contributed by atoms with Crippen molar-refractivity contribution in [1.82, 2.24) is 25.8 Å². The lowest BCUT2D eigenvalue weighted by Crippen LogP contribution is -2.36. The van der Waals surface area contributed by atoms with Gasteiger partial charge in [-0.15, -0.1) is 0 Å². The van der Waals surface area contributed by atoms with Gasteiger partial charge in [0, 0.05) is 17.3 Å². The van der Waals surface area contributed by atoms with Gasteiger partial charge in [0.25, 0.3) is 21.8 Å². The van der Waals surface area contributed by atoms with E-state index < -0.39 is 15.9 Å². The Bertz CT molecular complexity index is 1210. The van der Waals surface area contributed by atoms with Crippen molar-refractivity contribution in [2.45, 2.75) is 11.8 Å². The number of nitrogens with zero attached hydrogens (tertiary/aromatic N) is 3. The lowest BCUT2D eigenvalue weighted by Gasteiger charge is -2.13. The van der Waals surface area contributed by atoms with E-state index in [1.807, 2.05) is 0 Å². The van der Waals surface area contributed by atoms with Crippen LogP contribution in [0.25, 0.3) is 11.3 Å². The number of hydrazine groups is 1. The maximum Gasteiger partial charge on any atom is 0.269 e. The lowest BCUT2D eigenvalue weighted by molar-refractivity contribution is -0.110. The largest absolute Gasteiger partial charge is 0.478 e. The predicted octanol–water partition coefficient (Wildman–Crippen LogP) is 1.05. The molecule has 0 aliphatic heterocycles. The van der Waals surface area contributed by atoms with Gasteiger partial charge in [-0.2, -0.15) is 0 Å². The monoisotopic (exact) mass is 442 g/mol. The number of ether oxygens (including phenoxy) is 1. The first-order chi connectivity index (χ1) is 14.9. The highest BCUT2D eigenvalue weighted by Gasteiger charge is 2.23. The highest BCUT2D eigenvalue weighted by molar-refractivity contribution is 7.92. The minimum absolute atomic E-state index is 0.0355. The smallest absolute Gasteiger partial charge is 0.269 e. The summed E-state index contributed by atoms with van der Waals surface area (Å²) in [5.41, 5.74) is 5.70. The zero-order valence-corrected chi connectivity index (χ0v) is 17.3. The highest BCUT2D eigenvalue weighted by atomic mass is 32.2. The number of amides is 2. The number of pyridine rings is 1. The van der Waals surface area contributed by atoms with Gasteiger partial charge in [-0.3, -0.25) is 30.1 Å². The predicted molar refractivity (Wildman–Crippen MR) is 110 cm³/mol. The van der Waals surface area contributed by atoms with Crippen molar-refractivity contribution in [3.63, 3.8) is 0 Å². The van der Waals surface area contributed by atoms with E-state index in [9.17, 15) is 18.0 Å². The summed E-state index contributed by atoms with van der Waals surface area (Å²) < 4.78 is 33.6. The van der Waals surface area contributed by atoms with Crippen LogP contribution in [-0.2, 0) is 14.8 Å². The SMILES string of the molecule is COc1nc(C)cnc1NS(=O)(=O)c1cccnc1-c1ccc(C(=O)NNC=O)cc1. The normalized spacial score (nSPS) is 10.8. The molecule has 3 aromatic rings. The first-order valence-corrected chi connectivity index (χ1v) is 10.3. The molecule has 160 valence electrons. The zero-order chi connectivity index (χ0) is 22.4. The van der Waals surface area contributed by atoms with Crippen molar-refractivity contribution in [3.05, 3.63) is 60.0 Å². The third-order valence-electron chi connectivity index (χ3n) is 4.01. The van der Waals surface area contributed by atoms with E-state index in [1.165, 1.54) is 43.8 Å². The van der Waals surface area contributed by atoms with Crippen LogP contribution in [-0.4, -0.2) is 42.8 Å². The quantitative estimate of drug-likeness (QED) is 0.346. The molecule has 11 nitrogen and oxygen atoms in total. The molecule has 0 saturated heterocycles. The van der Waals surface area contributed by atoms with Crippen LogP contribution >= 0.6 is 0 Å². The van der Waals surface area contributed by atoms with E-state index in [4.69, 9.17) is 4.74 Å². The number of methoxy groups -OCH3 is 1. The third kappa shape index (κ3) is 4.93. The van der Waals surface area contributed by atoms with Crippen molar-refractivity contribution in [1.29, 1.82) is 0 Å². The van der Waals surface area contributed by atoms with Crippen molar-refractivity contribution < 1.29 is 22.7 Å². The standard InChI is InChI=1S/C19H18N6O5S/c1-12-10-21-17(19(23-12)30-2)25-31(28,29)15-4-3-9-20-16(15)13-5-7-14(8-6-13)18(27)24-22-11-26/h3-11H,1-2H3,(H,21,25)(H,22,26)(H,24,27). The Morgan fingerprint density at radius 2 is 1.87 bits per heavy atom. The second-order valence-corrected chi connectivity index (χ2v) is 7.77. The molecule has 0 saturated carbocycles. The summed E-state index contributed by atoms with van der Waals surface area (Å²) in [7, 11) is -2.74. The molecule has 0 aliphatic carbocycles. The van der Waals surface area contributed by atoms with E-state index in [-0.39, 0.29) is 27.9 Å². The van der Waals surface area contributed by atoms with E-state index in [0.717, 1.165) is 0 Å². The second-order valence-electron chi connectivity index (χ2n) is 6.12. The van der Waals surface area contributed by atoms with Gasteiger partial charge >= 0.3 is 0 Å². The van der Waals surface area contributed by atoms with Crippen LogP contribution in [0, 0.1) is 6.92 Å². The first kappa shape index (κ1) is 21.6. The molecule has 0 aliphatic rings. The lowest BCUT2D eigenvalue weighted by atomic mass is 10.1. The Morgan fingerprint density at radius 1 is 1.13 bits per heavy atom. The molecular formula is C19H18N6O5S. The van der Waals surface area contributed by atoms with Gasteiger partial charge in [-0.1, -0.05) is 12.1 Å². The number of anilines is 1. The van der Waals surface area contributed by atoms with Gasteiger partial charge in [-0.25, -0.2) is 18.4 Å². The highest BCUT2D eigenvalue weighted by Crippen LogP contribution is 2.28. The van der Waals surface area contributed by atoms with E-state index >= 15 is 0 Å². The summed E-state index contributed by atoms with van der Waals surface area (Å²) in [6.45, 7) is 1.70. The molecule has 0 unspecified atom stereocenters. The number of sulfonamides is 1. The van der Waals surface area contributed by atoms with Crippen molar-refractivity contribution in [2.24, 2.45) is 0 Å². The van der Waals surface area contributed by atoms with Crippen LogP contribution in [0.2, 0.25) is 0 Å². The molecule has 0 spiro atoms. The van der Waals surface area contributed by atoms with Gasteiger partial charge in [0.05, 0.1) is 24.7 Å². The third-order valence-corrected chi connectivity index (χ3v) is 5.38. The van der Waals surface area contributed by atoms with Gasteiger partial charge in [0.1, 0.15) is 4.90 Å². The van der Waals surface area contributed by atoms with Crippen molar-refractivity contribution >= 4 is 28.2 Å². The minimum Gasteiger partial charge on any atom is -0.478 e. The molecule has 31 heavy (non-hydrogen) atoms. The maximum absolute atomic E-state index is 13.1. The van der Waals surface area contributed by atoms with Crippen LogP contribution in [0.15, 0.2) is 53.7 Å². The van der Waals surface area contributed by atoms with Crippen LogP contribution in [0.5, 0.6) is 5.88 Å². The molecule has 2 amide bonds. The Labute approximate surface area is 177 Å². The number of benzene rings is 1. The summed E-state index contributed by atoms with van der Waals surface area (Å²) in [5.74, 6) is -0.551. The van der Waals surface area contributed by atoms with Crippen molar-refractivity contribution in [2.75, 3.05) is 11.8 Å². The summed E-state index contributed by atoms with van der Waals surface area (Å²) >= 11 is 0. The Hall–Kier alpha value is -4.06. The average Bonchev–Trinajstić information content (AvgIpc) is 2.78. The fourth-order valence-electron chi connectivity index (χ4n) is 2.62. The molecule has 2 aromatic heterocycles. The summed E-state index contributed by atoms with van der Waals surface area (Å²) in [6, 6.07) is 8.93. The second kappa shape index (κ2) is 9.17. The molecule has 0 fully saturated rings. The Morgan fingerprint density at radius 3 is 2.55 bits per heavy atom. The van der Waals surface area contributed by atoms with Crippen LogP contribution in [0.4, 0.5) is 5.82 Å². The molecule has 1 aromatic carbocycles. The zero-order valence-electron chi connectivity index (χ0n) is 16.5. The number of aromatic nitrogens is 3. The number of carbonyl (C=O) groups is 2. The number of rotatable bonds is 8. The van der Waals surface area contributed by atoms with Crippen LogP contribution in [0.1, 0.15) is 16.1 Å². The van der Waals surface area contributed by atoms with Gasteiger partial charge in [0.15, 0.2) is 0 Å². The summed E-state index contributed by atoms with van der Waals surface area (Å²) in [6.07, 6.45) is 3.20. The molecule has 3 N–H and O–H groups in total. The number of aryl methyl sites for hydroxylation is 1. The molecule has 3 rings (SSSR count). The van der Waals surface area contributed by atoms with E-state index in [2.05, 4.69) is 30.5 Å². The number of nitrogens with one attached hydrogen (secondary N) is 3. The number of hydrogen-bond acceptors (Lipinski definition) is 8. The fourth-order valence-corrected chi connectivity index (χ4v) is 3.81. The molecule has 0 radical (unpaired) electrons. The molecule has 0 bridgehead atoms. The molecule has 0 atom stereocenters. The maximum atomic E-state index is 13.1. The average molecular weight is 442 g/mol. The van der Waals surface area contributed by atoms with Crippen LogP contribution in [0.3, 0.4) is 0 Å². The van der Waals surface area contributed by atoms with E-state index in [0.29, 0.717) is 17.7 Å². The Kier molecular flexibility index (Phi) is 6.40. The van der Waals surface area contributed by atoms with Crippen molar-refractivity contribution in [3.8, 4) is 17.1 Å². The van der Waals surface area contributed by atoms with Gasteiger partial charge < -0.3 is 4.74 Å². The molecular weight excluding hydrogens is 424 g/mol. The van der Waals surface area contributed by atoms with Gasteiger partial charge in [0.2, 0.25) is 12.2 Å². The molecule has 2 heterocycles.